The standard InChI is InChI=1S/C17H19N3OS/c1-11-6-7-15-13(9-11)10-16(22-15)17(21)20-19-12(2)14-5-3-4-8-18-14/h3-5,8,10-11H,6-7,9H2,1-2H3,(H,20,21)/b19-12+. The molecule has 0 radical (unpaired) electrons. The molecule has 1 amide bonds. The van der Waals surface area contributed by atoms with Gasteiger partial charge >= 0.3 is 0 Å². The van der Waals surface area contributed by atoms with Crippen molar-refractivity contribution in [3.63, 3.8) is 0 Å². The van der Waals surface area contributed by atoms with Crippen LogP contribution < -0.4 is 5.43 Å². The minimum absolute atomic E-state index is 0.137. The zero-order valence-electron chi connectivity index (χ0n) is 12.8. The summed E-state index contributed by atoms with van der Waals surface area (Å²) in [6, 6.07) is 7.65. The van der Waals surface area contributed by atoms with Crippen LogP contribution in [0.5, 0.6) is 0 Å². The van der Waals surface area contributed by atoms with E-state index in [-0.39, 0.29) is 5.91 Å². The summed E-state index contributed by atoms with van der Waals surface area (Å²) in [5.74, 6) is 0.574. The van der Waals surface area contributed by atoms with E-state index in [0.717, 1.165) is 23.4 Å². The Kier molecular flexibility index (Phi) is 4.34. The van der Waals surface area contributed by atoms with Gasteiger partial charge in [-0.15, -0.1) is 11.3 Å². The van der Waals surface area contributed by atoms with Crippen molar-refractivity contribution in [1.29, 1.82) is 0 Å². The van der Waals surface area contributed by atoms with Gasteiger partial charge in [0, 0.05) is 11.1 Å². The van der Waals surface area contributed by atoms with E-state index in [1.807, 2.05) is 31.2 Å². The number of thiophene rings is 1. The Labute approximate surface area is 134 Å². The molecule has 1 atom stereocenters. The second-order valence-corrected chi connectivity index (χ2v) is 6.90. The number of carbonyl (C=O) groups is 1. The average Bonchev–Trinajstić information content (AvgIpc) is 2.96. The smallest absolute Gasteiger partial charge is 0.266 e. The van der Waals surface area contributed by atoms with Crippen molar-refractivity contribution in [2.24, 2.45) is 11.0 Å². The molecular weight excluding hydrogens is 294 g/mol. The molecule has 1 aliphatic carbocycles. The van der Waals surface area contributed by atoms with Crippen LogP contribution in [0.4, 0.5) is 0 Å². The van der Waals surface area contributed by atoms with Crippen molar-refractivity contribution in [2.45, 2.75) is 33.1 Å². The number of carbonyl (C=O) groups excluding carboxylic acids is 1. The number of aryl methyl sites for hydroxylation is 1. The van der Waals surface area contributed by atoms with Gasteiger partial charge in [-0.3, -0.25) is 9.78 Å². The van der Waals surface area contributed by atoms with Gasteiger partial charge in [-0.05, 0) is 55.9 Å². The summed E-state index contributed by atoms with van der Waals surface area (Å²) in [6.45, 7) is 4.10. The first-order valence-electron chi connectivity index (χ1n) is 7.51. The summed E-state index contributed by atoms with van der Waals surface area (Å²) in [5.41, 5.74) is 5.43. The van der Waals surface area contributed by atoms with Crippen LogP contribution in [-0.4, -0.2) is 16.6 Å². The molecule has 1 N–H and O–H groups in total. The monoisotopic (exact) mass is 313 g/mol. The van der Waals surface area contributed by atoms with Crippen molar-refractivity contribution >= 4 is 23.0 Å². The summed E-state index contributed by atoms with van der Waals surface area (Å²) in [6.07, 6.45) is 5.09. The summed E-state index contributed by atoms with van der Waals surface area (Å²) >= 11 is 1.60. The van der Waals surface area contributed by atoms with Crippen LogP contribution in [0.2, 0.25) is 0 Å². The molecule has 0 aromatic carbocycles. The number of hydrogen-bond acceptors (Lipinski definition) is 4. The van der Waals surface area contributed by atoms with Gasteiger partial charge in [0.25, 0.3) is 5.91 Å². The number of nitrogens with one attached hydrogen (secondary N) is 1. The van der Waals surface area contributed by atoms with Gasteiger partial charge in [-0.1, -0.05) is 13.0 Å². The average molecular weight is 313 g/mol. The maximum Gasteiger partial charge on any atom is 0.281 e. The SMILES string of the molecule is C/C(=N\NC(=O)c1cc2c(s1)CCC(C)C2)c1ccccn1. The quantitative estimate of drug-likeness (QED) is 0.697. The molecule has 5 heteroatoms. The van der Waals surface area contributed by atoms with Crippen LogP contribution in [0.25, 0.3) is 0 Å². The minimum atomic E-state index is -0.137. The van der Waals surface area contributed by atoms with Gasteiger partial charge in [-0.25, -0.2) is 5.43 Å². The molecule has 0 saturated heterocycles. The molecule has 0 aliphatic heterocycles. The molecule has 2 aromatic rings. The first-order valence-corrected chi connectivity index (χ1v) is 8.32. The topological polar surface area (TPSA) is 54.4 Å². The van der Waals surface area contributed by atoms with Crippen molar-refractivity contribution < 1.29 is 4.79 Å². The molecule has 114 valence electrons. The lowest BCUT2D eigenvalue weighted by Gasteiger charge is -2.16. The molecule has 2 aromatic heterocycles. The van der Waals surface area contributed by atoms with Crippen molar-refractivity contribution in [1.82, 2.24) is 10.4 Å². The lowest BCUT2D eigenvalue weighted by molar-refractivity contribution is 0.0959. The molecular formula is C17H19N3OS. The summed E-state index contributed by atoms with van der Waals surface area (Å²) in [4.78, 5) is 18.6. The van der Waals surface area contributed by atoms with Crippen molar-refractivity contribution in [3.05, 3.63) is 51.5 Å². The molecule has 0 fully saturated rings. The van der Waals surface area contributed by atoms with Crippen LogP contribution in [0.15, 0.2) is 35.6 Å². The van der Waals surface area contributed by atoms with Crippen LogP contribution in [0.1, 0.15) is 46.1 Å². The third-order valence-corrected chi connectivity index (χ3v) is 5.15. The normalized spacial score (nSPS) is 17.9. The van der Waals surface area contributed by atoms with Crippen molar-refractivity contribution in [3.8, 4) is 0 Å². The second kappa shape index (κ2) is 6.40. The highest BCUT2D eigenvalue weighted by Gasteiger charge is 2.20. The van der Waals surface area contributed by atoms with E-state index < -0.39 is 0 Å². The summed E-state index contributed by atoms with van der Waals surface area (Å²) < 4.78 is 0. The molecule has 1 unspecified atom stereocenters. The molecule has 2 heterocycles. The Hall–Kier alpha value is -2.01. The van der Waals surface area contributed by atoms with E-state index in [1.54, 1.807) is 17.5 Å². The first kappa shape index (κ1) is 14.9. The molecule has 0 saturated carbocycles. The Balaban J connectivity index is 1.70. The molecule has 3 rings (SSSR count). The van der Waals surface area contributed by atoms with Crippen LogP contribution in [-0.2, 0) is 12.8 Å². The number of nitrogens with zero attached hydrogens (tertiary/aromatic N) is 2. The highest BCUT2D eigenvalue weighted by atomic mass is 32.1. The first-order chi connectivity index (χ1) is 10.6. The lowest BCUT2D eigenvalue weighted by Crippen LogP contribution is -2.18. The predicted molar refractivity (Wildman–Crippen MR) is 89.4 cm³/mol. The van der Waals surface area contributed by atoms with Gasteiger partial charge in [-0.2, -0.15) is 5.10 Å². The summed E-state index contributed by atoms with van der Waals surface area (Å²) in [5, 5.41) is 4.15. The zero-order valence-corrected chi connectivity index (χ0v) is 13.6. The maximum atomic E-state index is 12.3. The van der Waals surface area contributed by atoms with Crippen LogP contribution >= 0.6 is 11.3 Å². The number of amides is 1. The third kappa shape index (κ3) is 3.25. The number of rotatable bonds is 3. The molecule has 22 heavy (non-hydrogen) atoms. The Morgan fingerprint density at radius 3 is 3.09 bits per heavy atom. The van der Waals surface area contributed by atoms with Crippen molar-refractivity contribution in [2.75, 3.05) is 0 Å². The fourth-order valence-corrected chi connectivity index (χ4v) is 3.74. The number of fused-ring (bicyclic) bond motifs is 1. The van der Waals surface area contributed by atoms with E-state index in [0.29, 0.717) is 11.6 Å². The third-order valence-electron chi connectivity index (χ3n) is 3.91. The molecule has 0 bridgehead atoms. The Morgan fingerprint density at radius 1 is 1.45 bits per heavy atom. The zero-order chi connectivity index (χ0) is 15.5. The Morgan fingerprint density at radius 2 is 2.32 bits per heavy atom. The van der Waals surface area contributed by atoms with E-state index in [2.05, 4.69) is 22.4 Å². The van der Waals surface area contributed by atoms with E-state index in [4.69, 9.17) is 0 Å². The van der Waals surface area contributed by atoms with Crippen LogP contribution in [0, 0.1) is 5.92 Å². The van der Waals surface area contributed by atoms with E-state index in [9.17, 15) is 4.79 Å². The number of pyridine rings is 1. The van der Waals surface area contributed by atoms with Gasteiger partial charge in [0.2, 0.25) is 0 Å². The maximum absolute atomic E-state index is 12.3. The van der Waals surface area contributed by atoms with Crippen LogP contribution in [0.3, 0.4) is 0 Å². The van der Waals surface area contributed by atoms with Gasteiger partial charge in [0.1, 0.15) is 0 Å². The fourth-order valence-electron chi connectivity index (χ4n) is 2.64. The van der Waals surface area contributed by atoms with Gasteiger partial charge in [0.05, 0.1) is 16.3 Å². The lowest BCUT2D eigenvalue weighted by atomic mass is 9.90. The number of hydrazone groups is 1. The largest absolute Gasteiger partial charge is 0.281 e. The number of aromatic nitrogens is 1. The fraction of sp³-hybridized carbons (Fsp3) is 0.353. The van der Waals surface area contributed by atoms with E-state index in [1.165, 1.54) is 16.9 Å². The highest BCUT2D eigenvalue weighted by molar-refractivity contribution is 7.14. The second-order valence-electron chi connectivity index (χ2n) is 5.76. The van der Waals surface area contributed by atoms with Gasteiger partial charge in [0.15, 0.2) is 0 Å². The molecule has 0 spiro atoms. The van der Waals surface area contributed by atoms with Gasteiger partial charge < -0.3 is 0 Å². The van der Waals surface area contributed by atoms with E-state index >= 15 is 0 Å². The Bertz CT molecular complexity index is 706. The number of hydrogen-bond donors (Lipinski definition) is 1. The predicted octanol–water partition coefficient (Wildman–Crippen LogP) is 3.42. The highest BCUT2D eigenvalue weighted by Crippen LogP contribution is 2.32. The minimum Gasteiger partial charge on any atom is -0.266 e. The molecule has 1 aliphatic rings. The summed E-state index contributed by atoms with van der Waals surface area (Å²) in [7, 11) is 0. The molecule has 4 nitrogen and oxygen atoms in total.